The molecule has 0 amide bonds. The highest BCUT2D eigenvalue weighted by molar-refractivity contribution is 5.87. The summed E-state index contributed by atoms with van der Waals surface area (Å²) in [5.41, 5.74) is 8.10. The Bertz CT molecular complexity index is 1380. The van der Waals surface area contributed by atoms with E-state index in [0.717, 1.165) is 50.8 Å². The summed E-state index contributed by atoms with van der Waals surface area (Å²) >= 11 is 0. The molecule has 154 valence electrons. The van der Waals surface area contributed by atoms with Crippen LogP contribution in [0.5, 0.6) is 0 Å². The van der Waals surface area contributed by atoms with E-state index in [1.54, 1.807) is 0 Å². The van der Waals surface area contributed by atoms with Crippen LogP contribution in [0.1, 0.15) is 17.1 Å². The minimum atomic E-state index is 0.595. The summed E-state index contributed by atoms with van der Waals surface area (Å²) in [4.78, 5) is 13.2. The van der Waals surface area contributed by atoms with Gasteiger partial charge in [-0.15, -0.1) is 0 Å². The zero-order valence-corrected chi connectivity index (χ0v) is 17.8. The molecule has 0 aliphatic heterocycles. The number of hydrogen-bond donors (Lipinski definition) is 2. The van der Waals surface area contributed by atoms with Crippen LogP contribution in [0.4, 0.5) is 5.69 Å². The Balaban J connectivity index is 1.56. The lowest BCUT2D eigenvalue weighted by Crippen LogP contribution is -2.01. The van der Waals surface area contributed by atoms with Crippen molar-refractivity contribution in [2.75, 3.05) is 5.32 Å². The number of aromatic nitrogens is 5. The maximum absolute atomic E-state index is 4.95. The predicted octanol–water partition coefficient (Wildman–Crippen LogP) is 5.25. The summed E-state index contributed by atoms with van der Waals surface area (Å²) < 4.78 is 1.88. The second kappa shape index (κ2) is 7.72. The van der Waals surface area contributed by atoms with Crippen LogP contribution in [0, 0.1) is 13.8 Å². The molecule has 5 aromatic rings. The van der Waals surface area contributed by atoms with Crippen LogP contribution in [-0.2, 0) is 13.6 Å². The molecule has 0 atom stereocenters. The van der Waals surface area contributed by atoms with E-state index in [9.17, 15) is 0 Å². The first-order valence-corrected chi connectivity index (χ1v) is 10.3. The molecule has 0 unspecified atom stereocenters. The SMILES string of the molecule is Cc1cccc(NCc2nc(-c3ccc4c(cnn4C)c3)c(-c3cccc(C)n3)[nH]2)c1. The zero-order chi connectivity index (χ0) is 21.4. The first kappa shape index (κ1) is 19.1. The van der Waals surface area contributed by atoms with Gasteiger partial charge < -0.3 is 10.3 Å². The Morgan fingerprint density at radius 2 is 1.84 bits per heavy atom. The second-order valence-corrected chi connectivity index (χ2v) is 7.84. The van der Waals surface area contributed by atoms with Crippen LogP contribution in [0.25, 0.3) is 33.5 Å². The van der Waals surface area contributed by atoms with Crippen molar-refractivity contribution in [3.8, 4) is 22.6 Å². The summed E-state index contributed by atoms with van der Waals surface area (Å²) in [7, 11) is 1.95. The number of aryl methyl sites for hydroxylation is 3. The van der Waals surface area contributed by atoms with Crippen molar-refractivity contribution in [3.63, 3.8) is 0 Å². The molecule has 3 aromatic heterocycles. The van der Waals surface area contributed by atoms with E-state index >= 15 is 0 Å². The number of nitrogens with one attached hydrogen (secondary N) is 2. The van der Waals surface area contributed by atoms with Crippen molar-refractivity contribution in [3.05, 3.63) is 83.9 Å². The van der Waals surface area contributed by atoms with Gasteiger partial charge in [-0.2, -0.15) is 5.10 Å². The van der Waals surface area contributed by atoms with Crippen molar-refractivity contribution in [1.82, 2.24) is 24.7 Å². The Kier molecular flexibility index (Phi) is 4.75. The Morgan fingerprint density at radius 1 is 0.968 bits per heavy atom. The number of benzene rings is 2. The molecule has 0 spiro atoms. The topological polar surface area (TPSA) is 71.4 Å². The molecule has 0 saturated heterocycles. The highest BCUT2D eigenvalue weighted by atomic mass is 15.2. The zero-order valence-electron chi connectivity index (χ0n) is 17.8. The van der Waals surface area contributed by atoms with Gasteiger partial charge in [0.1, 0.15) is 5.82 Å². The minimum absolute atomic E-state index is 0.595. The normalized spacial score (nSPS) is 11.2. The number of rotatable bonds is 5. The van der Waals surface area contributed by atoms with Gasteiger partial charge in [0, 0.05) is 29.4 Å². The van der Waals surface area contributed by atoms with Gasteiger partial charge in [0.25, 0.3) is 0 Å². The molecular formula is C25H24N6. The first-order chi connectivity index (χ1) is 15.1. The fraction of sp³-hybridized carbons (Fsp3) is 0.160. The van der Waals surface area contributed by atoms with E-state index in [0.29, 0.717) is 6.54 Å². The van der Waals surface area contributed by atoms with E-state index in [-0.39, 0.29) is 0 Å². The van der Waals surface area contributed by atoms with Crippen molar-refractivity contribution < 1.29 is 0 Å². The average molecular weight is 409 g/mol. The second-order valence-electron chi connectivity index (χ2n) is 7.84. The van der Waals surface area contributed by atoms with Crippen LogP contribution in [0.3, 0.4) is 0 Å². The number of pyridine rings is 1. The minimum Gasteiger partial charge on any atom is -0.378 e. The molecule has 0 saturated carbocycles. The van der Waals surface area contributed by atoms with Crippen molar-refractivity contribution >= 4 is 16.6 Å². The summed E-state index contributed by atoms with van der Waals surface area (Å²) in [6, 6.07) is 20.7. The van der Waals surface area contributed by atoms with Gasteiger partial charge in [-0.05, 0) is 55.8 Å². The van der Waals surface area contributed by atoms with E-state index in [2.05, 4.69) is 64.8 Å². The lowest BCUT2D eigenvalue weighted by atomic mass is 10.1. The van der Waals surface area contributed by atoms with Gasteiger partial charge >= 0.3 is 0 Å². The quantitative estimate of drug-likeness (QED) is 0.416. The molecule has 2 aromatic carbocycles. The molecule has 2 N–H and O–H groups in total. The third-order valence-corrected chi connectivity index (χ3v) is 5.39. The maximum Gasteiger partial charge on any atom is 0.126 e. The molecule has 6 heteroatoms. The summed E-state index contributed by atoms with van der Waals surface area (Å²) in [5, 5.41) is 8.91. The van der Waals surface area contributed by atoms with Gasteiger partial charge in [0.05, 0.1) is 35.3 Å². The molecule has 3 heterocycles. The number of aromatic amines is 1. The van der Waals surface area contributed by atoms with Crippen LogP contribution in [-0.4, -0.2) is 24.7 Å². The molecule has 6 nitrogen and oxygen atoms in total. The molecule has 5 rings (SSSR count). The van der Waals surface area contributed by atoms with Gasteiger partial charge in [-0.25, -0.2) is 4.98 Å². The third kappa shape index (κ3) is 3.80. The molecule has 0 fully saturated rings. The maximum atomic E-state index is 4.95. The lowest BCUT2D eigenvalue weighted by molar-refractivity contribution is 0.797. The van der Waals surface area contributed by atoms with Crippen molar-refractivity contribution in [1.29, 1.82) is 0 Å². The van der Waals surface area contributed by atoms with Crippen LogP contribution in [0.2, 0.25) is 0 Å². The van der Waals surface area contributed by atoms with Crippen molar-refractivity contribution in [2.24, 2.45) is 7.05 Å². The molecule has 0 bridgehead atoms. The van der Waals surface area contributed by atoms with E-state index in [4.69, 9.17) is 9.97 Å². The fourth-order valence-electron chi connectivity index (χ4n) is 3.83. The van der Waals surface area contributed by atoms with E-state index < -0.39 is 0 Å². The summed E-state index contributed by atoms with van der Waals surface area (Å²) in [6.07, 6.45) is 1.89. The Hall–Kier alpha value is -3.93. The number of imidazole rings is 1. The number of H-pyrrole nitrogens is 1. The van der Waals surface area contributed by atoms with Gasteiger partial charge in [-0.1, -0.05) is 24.3 Å². The van der Waals surface area contributed by atoms with E-state index in [1.165, 1.54) is 5.56 Å². The van der Waals surface area contributed by atoms with Gasteiger partial charge in [0.2, 0.25) is 0 Å². The summed E-state index contributed by atoms with van der Waals surface area (Å²) in [6.45, 7) is 4.69. The van der Waals surface area contributed by atoms with Crippen LogP contribution >= 0.6 is 0 Å². The molecule has 31 heavy (non-hydrogen) atoms. The van der Waals surface area contributed by atoms with Crippen LogP contribution in [0.15, 0.2) is 66.9 Å². The average Bonchev–Trinajstić information content (AvgIpc) is 3.36. The predicted molar refractivity (Wildman–Crippen MR) is 125 cm³/mol. The number of anilines is 1. The fourth-order valence-corrected chi connectivity index (χ4v) is 3.83. The highest BCUT2D eigenvalue weighted by Crippen LogP contribution is 2.31. The van der Waals surface area contributed by atoms with E-state index in [1.807, 2.05) is 43.0 Å². The van der Waals surface area contributed by atoms with Crippen molar-refractivity contribution in [2.45, 2.75) is 20.4 Å². The van der Waals surface area contributed by atoms with Gasteiger partial charge in [-0.3, -0.25) is 9.67 Å². The van der Waals surface area contributed by atoms with Gasteiger partial charge in [0.15, 0.2) is 0 Å². The lowest BCUT2D eigenvalue weighted by Gasteiger charge is -2.05. The number of hydrogen-bond acceptors (Lipinski definition) is 4. The summed E-state index contributed by atoms with van der Waals surface area (Å²) in [5.74, 6) is 0.862. The number of fused-ring (bicyclic) bond motifs is 1. The molecule has 0 radical (unpaired) electrons. The molecule has 0 aliphatic rings. The highest BCUT2D eigenvalue weighted by Gasteiger charge is 2.16. The van der Waals surface area contributed by atoms with Crippen LogP contribution < -0.4 is 5.32 Å². The largest absolute Gasteiger partial charge is 0.378 e. The Morgan fingerprint density at radius 3 is 2.68 bits per heavy atom. The Labute approximate surface area is 181 Å². The molecule has 0 aliphatic carbocycles. The smallest absolute Gasteiger partial charge is 0.126 e. The third-order valence-electron chi connectivity index (χ3n) is 5.39. The molecular weight excluding hydrogens is 384 g/mol. The monoisotopic (exact) mass is 408 g/mol. The number of nitrogens with zero attached hydrogens (tertiary/aromatic N) is 4. The standard InChI is InChI=1S/C25H24N6/c1-16-6-4-8-20(12-16)26-15-23-29-24(25(30-23)21-9-5-7-17(2)28-21)18-10-11-22-19(13-18)14-27-31(22)3/h4-14,26H,15H2,1-3H3,(H,29,30). The first-order valence-electron chi connectivity index (χ1n) is 10.3.